The topological polar surface area (TPSA) is 37.3 Å². The number of rotatable bonds is 1. The zero-order chi connectivity index (χ0) is 10.2. The van der Waals surface area contributed by atoms with Crippen molar-refractivity contribution in [1.82, 2.24) is 0 Å². The van der Waals surface area contributed by atoms with Gasteiger partial charge in [0, 0.05) is 18.8 Å². The molecule has 2 fully saturated rings. The van der Waals surface area contributed by atoms with E-state index in [2.05, 4.69) is 6.58 Å². The van der Waals surface area contributed by atoms with Gasteiger partial charge in [-0.2, -0.15) is 0 Å². The van der Waals surface area contributed by atoms with E-state index < -0.39 is 0 Å². The first kappa shape index (κ1) is 9.75. The fourth-order valence-electron chi connectivity index (χ4n) is 3.28. The summed E-state index contributed by atoms with van der Waals surface area (Å²) in [4.78, 5) is 11.2. The molecule has 78 valence electrons. The van der Waals surface area contributed by atoms with Crippen molar-refractivity contribution in [2.24, 2.45) is 11.3 Å². The Morgan fingerprint density at radius 3 is 2.57 bits per heavy atom. The first-order chi connectivity index (χ1) is 6.64. The first-order valence-electron chi connectivity index (χ1n) is 5.53. The number of aliphatic hydroxyl groups excluding tert-OH is 1. The van der Waals surface area contributed by atoms with Gasteiger partial charge in [-0.15, -0.1) is 0 Å². The summed E-state index contributed by atoms with van der Waals surface area (Å²) in [5.41, 5.74) is 0.222. The molecule has 0 aromatic rings. The van der Waals surface area contributed by atoms with E-state index in [4.69, 9.17) is 0 Å². The van der Waals surface area contributed by atoms with E-state index in [1.807, 2.05) is 0 Å². The number of Topliss-reactive ketones (excluding diaryl/α,β-unsaturated/α-hetero) is 1. The Morgan fingerprint density at radius 1 is 1.36 bits per heavy atom. The van der Waals surface area contributed by atoms with Crippen LogP contribution in [0.3, 0.4) is 0 Å². The van der Waals surface area contributed by atoms with Crippen molar-refractivity contribution in [3.8, 4) is 0 Å². The van der Waals surface area contributed by atoms with Crippen LogP contribution in [0.15, 0.2) is 12.3 Å². The fraction of sp³-hybridized carbons (Fsp3) is 0.750. The minimum absolute atomic E-state index is 0.222. The van der Waals surface area contributed by atoms with Crippen molar-refractivity contribution in [3.63, 3.8) is 0 Å². The van der Waals surface area contributed by atoms with E-state index in [0.717, 1.165) is 19.3 Å². The van der Waals surface area contributed by atoms with E-state index >= 15 is 0 Å². The van der Waals surface area contributed by atoms with Crippen molar-refractivity contribution in [2.45, 2.75) is 44.9 Å². The molecule has 0 bridgehead atoms. The highest BCUT2D eigenvalue weighted by Gasteiger charge is 2.45. The average Bonchev–Trinajstić information content (AvgIpc) is 2.55. The summed E-state index contributed by atoms with van der Waals surface area (Å²) in [5.74, 6) is 0.997. The molecule has 0 radical (unpaired) electrons. The highest BCUT2D eigenvalue weighted by molar-refractivity contribution is 5.79. The zero-order valence-electron chi connectivity index (χ0n) is 8.59. The fourth-order valence-corrected chi connectivity index (χ4v) is 3.28. The predicted octanol–water partition coefficient (Wildman–Crippen LogP) is 2.99. The van der Waals surface area contributed by atoms with Gasteiger partial charge in [-0.25, -0.2) is 0 Å². The van der Waals surface area contributed by atoms with Gasteiger partial charge in [-0.3, -0.25) is 4.79 Å². The van der Waals surface area contributed by atoms with Gasteiger partial charge < -0.3 is 5.11 Å². The molecule has 14 heavy (non-hydrogen) atoms. The van der Waals surface area contributed by atoms with Crippen LogP contribution in [0.5, 0.6) is 0 Å². The molecular formula is C12H18O2. The maximum Gasteiger partial charge on any atom is 0.132 e. The van der Waals surface area contributed by atoms with Gasteiger partial charge in [-0.1, -0.05) is 13.0 Å². The molecule has 0 saturated heterocycles. The second-order valence-corrected chi connectivity index (χ2v) is 4.84. The van der Waals surface area contributed by atoms with Gasteiger partial charge in [0.1, 0.15) is 5.78 Å². The number of aliphatic hydroxyl groups is 1. The van der Waals surface area contributed by atoms with Crippen LogP contribution in [0.2, 0.25) is 0 Å². The largest absolute Gasteiger partial charge is 0.513 e. The Hall–Kier alpha value is -0.790. The summed E-state index contributed by atoms with van der Waals surface area (Å²) in [6.07, 6.45) is 6.77. The summed E-state index contributed by atoms with van der Waals surface area (Å²) in [6, 6.07) is 0. The third-order valence-corrected chi connectivity index (χ3v) is 4.11. The lowest BCUT2D eigenvalue weighted by Gasteiger charge is -2.38. The van der Waals surface area contributed by atoms with Crippen molar-refractivity contribution < 1.29 is 9.90 Å². The molecule has 0 aliphatic heterocycles. The number of ketones is 1. The van der Waals surface area contributed by atoms with Crippen LogP contribution in [0, 0.1) is 11.3 Å². The molecule has 2 rings (SSSR count). The van der Waals surface area contributed by atoms with E-state index in [1.54, 1.807) is 0 Å². The van der Waals surface area contributed by atoms with Crippen molar-refractivity contribution >= 4 is 5.78 Å². The number of carbonyl (C=O) groups excluding carboxylic acids is 1. The summed E-state index contributed by atoms with van der Waals surface area (Å²) < 4.78 is 0. The van der Waals surface area contributed by atoms with Gasteiger partial charge in [0.2, 0.25) is 0 Å². The van der Waals surface area contributed by atoms with Crippen LogP contribution in [0.4, 0.5) is 0 Å². The van der Waals surface area contributed by atoms with Crippen molar-refractivity contribution in [1.29, 1.82) is 0 Å². The standard InChI is InChI=1S/C12H18O2/c1-9(13)11-3-2-6-12(11)7-4-10(14)5-8-12/h11,13H,1-8H2. The SMILES string of the molecule is C=C(O)C1CCCC12CCC(=O)CC2. The zero-order valence-corrected chi connectivity index (χ0v) is 8.59. The molecule has 0 aromatic heterocycles. The molecular weight excluding hydrogens is 176 g/mol. The average molecular weight is 194 g/mol. The molecule has 2 nitrogen and oxygen atoms in total. The monoisotopic (exact) mass is 194 g/mol. The normalized spacial score (nSPS) is 30.9. The molecule has 0 amide bonds. The molecule has 2 aliphatic rings. The molecule has 1 unspecified atom stereocenters. The summed E-state index contributed by atoms with van der Waals surface area (Å²) >= 11 is 0. The summed E-state index contributed by atoms with van der Waals surface area (Å²) in [6.45, 7) is 3.68. The van der Waals surface area contributed by atoms with Crippen LogP contribution >= 0.6 is 0 Å². The van der Waals surface area contributed by atoms with Crippen LogP contribution in [0.25, 0.3) is 0 Å². The molecule has 1 spiro atoms. The van der Waals surface area contributed by atoms with E-state index in [-0.39, 0.29) is 11.3 Å². The van der Waals surface area contributed by atoms with Crippen LogP contribution in [-0.2, 0) is 4.79 Å². The lowest BCUT2D eigenvalue weighted by atomic mass is 9.67. The second kappa shape index (κ2) is 3.41. The smallest absolute Gasteiger partial charge is 0.132 e. The minimum atomic E-state index is 0.222. The van der Waals surface area contributed by atoms with Gasteiger partial charge in [-0.05, 0) is 31.1 Å². The van der Waals surface area contributed by atoms with Crippen LogP contribution in [0.1, 0.15) is 44.9 Å². The second-order valence-electron chi connectivity index (χ2n) is 4.84. The minimum Gasteiger partial charge on any atom is -0.513 e. The number of carbonyl (C=O) groups is 1. The highest BCUT2D eigenvalue weighted by atomic mass is 16.3. The van der Waals surface area contributed by atoms with Crippen molar-refractivity contribution in [2.75, 3.05) is 0 Å². The van der Waals surface area contributed by atoms with Gasteiger partial charge in [0.05, 0.1) is 5.76 Å². The Labute approximate surface area is 85.0 Å². The Kier molecular flexibility index (Phi) is 2.38. The predicted molar refractivity (Wildman–Crippen MR) is 55.0 cm³/mol. The number of hydrogen-bond donors (Lipinski definition) is 1. The quantitative estimate of drug-likeness (QED) is 0.651. The van der Waals surface area contributed by atoms with Gasteiger partial charge in [0.25, 0.3) is 0 Å². The third kappa shape index (κ3) is 1.47. The molecule has 0 heterocycles. The lowest BCUT2D eigenvalue weighted by Crippen LogP contribution is -2.32. The maximum atomic E-state index is 11.2. The van der Waals surface area contributed by atoms with Crippen molar-refractivity contribution in [3.05, 3.63) is 12.3 Å². The maximum absolute atomic E-state index is 11.2. The molecule has 1 N–H and O–H groups in total. The van der Waals surface area contributed by atoms with E-state index in [9.17, 15) is 9.90 Å². The van der Waals surface area contributed by atoms with E-state index in [1.165, 1.54) is 12.8 Å². The third-order valence-electron chi connectivity index (χ3n) is 4.11. The van der Waals surface area contributed by atoms with Gasteiger partial charge >= 0.3 is 0 Å². The first-order valence-corrected chi connectivity index (χ1v) is 5.53. The lowest BCUT2D eigenvalue weighted by molar-refractivity contribution is -0.123. The molecule has 0 aromatic carbocycles. The number of hydrogen-bond acceptors (Lipinski definition) is 2. The molecule has 1 atom stereocenters. The summed E-state index contributed by atoms with van der Waals surface area (Å²) in [7, 11) is 0. The van der Waals surface area contributed by atoms with Crippen LogP contribution < -0.4 is 0 Å². The highest BCUT2D eigenvalue weighted by Crippen LogP contribution is 2.53. The molecule has 2 heteroatoms. The van der Waals surface area contributed by atoms with Gasteiger partial charge in [0.15, 0.2) is 0 Å². The summed E-state index contributed by atoms with van der Waals surface area (Å²) in [5, 5.41) is 9.56. The Balaban J connectivity index is 2.14. The van der Waals surface area contributed by atoms with E-state index in [0.29, 0.717) is 24.4 Å². The Morgan fingerprint density at radius 2 is 2.00 bits per heavy atom. The Bertz CT molecular complexity index is 257. The number of allylic oxidation sites excluding steroid dienone is 1. The van der Waals surface area contributed by atoms with Crippen LogP contribution in [-0.4, -0.2) is 10.9 Å². The molecule has 2 saturated carbocycles. The molecule has 2 aliphatic carbocycles.